The number of hydrogen-bond donors (Lipinski definition) is 1. The van der Waals surface area contributed by atoms with Gasteiger partial charge in [-0.1, -0.05) is 12.8 Å². The number of hydrogen-bond acceptors (Lipinski definition) is 3. The molecule has 17 heavy (non-hydrogen) atoms. The summed E-state index contributed by atoms with van der Waals surface area (Å²) in [5.74, 6) is 1.00. The first-order valence-electron chi connectivity index (χ1n) is 6.94. The van der Waals surface area contributed by atoms with E-state index in [0.29, 0.717) is 12.6 Å². The first-order chi connectivity index (χ1) is 8.29. The molecule has 0 atom stereocenters. The molecule has 1 aliphatic carbocycles. The molecule has 2 aliphatic rings. The maximum absolute atomic E-state index is 11.5. The Balaban J connectivity index is 1.58. The lowest BCUT2D eigenvalue weighted by molar-refractivity contribution is 0.0951. The Hall–Kier alpha value is -0.770. The minimum absolute atomic E-state index is 0.149. The maximum Gasteiger partial charge on any atom is 0.409 e. The molecular formula is C13H24N2O2. The van der Waals surface area contributed by atoms with Crippen LogP contribution in [0.15, 0.2) is 0 Å². The number of piperidine rings is 1. The fraction of sp³-hybridized carbons (Fsp3) is 0.923. The zero-order valence-electron chi connectivity index (χ0n) is 10.8. The molecule has 1 aliphatic heterocycles. The zero-order valence-corrected chi connectivity index (χ0v) is 10.8. The van der Waals surface area contributed by atoms with Crippen LogP contribution in [0.3, 0.4) is 0 Å². The minimum atomic E-state index is -0.149. The smallest absolute Gasteiger partial charge is 0.409 e. The van der Waals surface area contributed by atoms with Gasteiger partial charge in [0, 0.05) is 19.1 Å². The second-order valence-corrected chi connectivity index (χ2v) is 5.15. The molecule has 1 saturated heterocycles. The van der Waals surface area contributed by atoms with Crippen molar-refractivity contribution in [2.45, 2.75) is 45.1 Å². The van der Waals surface area contributed by atoms with Crippen LogP contribution in [-0.2, 0) is 4.74 Å². The van der Waals surface area contributed by atoms with Gasteiger partial charge in [0.05, 0.1) is 6.61 Å². The van der Waals surface area contributed by atoms with E-state index in [1.54, 1.807) is 0 Å². The Morgan fingerprint density at radius 3 is 2.59 bits per heavy atom. The third kappa shape index (κ3) is 4.19. The first kappa shape index (κ1) is 12.7. The summed E-state index contributed by atoms with van der Waals surface area (Å²) in [6, 6.07) is 0.597. The molecular weight excluding hydrogens is 216 g/mol. The van der Waals surface area contributed by atoms with Crippen LogP contribution in [0.25, 0.3) is 0 Å². The van der Waals surface area contributed by atoms with Gasteiger partial charge in [0.15, 0.2) is 0 Å². The predicted octanol–water partition coefficient (Wildman–Crippen LogP) is 2.00. The third-order valence-corrected chi connectivity index (χ3v) is 3.70. The van der Waals surface area contributed by atoms with Crippen LogP contribution in [0.5, 0.6) is 0 Å². The molecule has 98 valence electrons. The number of carbonyl (C=O) groups is 1. The summed E-state index contributed by atoms with van der Waals surface area (Å²) < 4.78 is 5.00. The molecule has 1 saturated carbocycles. The van der Waals surface area contributed by atoms with Crippen molar-refractivity contribution in [1.29, 1.82) is 0 Å². The lowest BCUT2D eigenvalue weighted by Crippen LogP contribution is -2.45. The molecule has 4 nitrogen and oxygen atoms in total. The Morgan fingerprint density at radius 1 is 1.29 bits per heavy atom. The van der Waals surface area contributed by atoms with Gasteiger partial charge in [-0.2, -0.15) is 0 Å². The average molecular weight is 240 g/mol. The van der Waals surface area contributed by atoms with Gasteiger partial charge in [0.1, 0.15) is 0 Å². The quantitative estimate of drug-likeness (QED) is 0.799. The van der Waals surface area contributed by atoms with E-state index < -0.39 is 0 Å². The van der Waals surface area contributed by atoms with Gasteiger partial charge < -0.3 is 15.0 Å². The summed E-state index contributed by atoms with van der Waals surface area (Å²) in [6.45, 7) is 5.14. The highest BCUT2D eigenvalue weighted by Gasteiger charge is 2.24. The molecule has 2 rings (SSSR count). The molecule has 4 heteroatoms. The van der Waals surface area contributed by atoms with Gasteiger partial charge in [0.2, 0.25) is 0 Å². The first-order valence-corrected chi connectivity index (χ1v) is 6.94. The number of nitrogens with one attached hydrogen (secondary N) is 1. The molecule has 0 bridgehead atoms. The molecule has 1 amide bonds. The maximum atomic E-state index is 11.5. The number of ether oxygens (including phenoxy) is 1. The predicted molar refractivity (Wildman–Crippen MR) is 67.0 cm³/mol. The van der Waals surface area contributed by atoms with Crippen LogP contribution in [0, 0.1) is 5.92 Å². The minimum Gasteiger partial charge on any atom is -0.450 e. The van der Waals surface area contributed by atoms with Crippen molar-refractivity contribution in [2.75, 3.05) is 26.2 Å². The number of carbonyl (C=O) groups excluding carboxylic acids is 1. The number of likely N-dealkylation sites (tertiary alicyclic amines) is 1. The van der Waals surface area contributed by atoms with E-state index in [2.05, 4.69) is 5.32 Å². The molecule has 0 radical (unpaired) electrons. The monoisotopic (exact) mass is 240 g/mol. The van der Waals surface area contributed by atoms with Crippen LogP contribution in [-0.4, -0.2) is 43.3 Å². The van der Waals surface area contributed by atoms with Crippen LogP contribution in [0.1, 0.15) is 39.0 Å². The van der Waals surface area contributed by atoms with Crippen molar-refractivity contribution in [3.8, 4) is 0 Å². The SMILES string of the molecule is CCOC(=O)N1CCC(NCCC2CC2)CC1. The van der Waals surface area contributed by atoms with E-state index in [1.807, 2.05) is 11.8 Å². The second kappa shape index (κ2) is 6.24. The Kier molecular flexibility index (Phi) is 4.66. The molecule has 0 aromatic rings. The second-order valence-electron chi connectivity index (χ2n) is 5.15. The molecule has 1 N–H and O–H groups in total. The van der Waals surface area contributed by atoms with E-state index >= 15 is 0 Å². The van der Waals surface area contributed by atoms with Crippen molar-refractivity contribution >= 4 is 6.09 Å². The summed E-state index contributed by atoms with van der Waals surface area (Å²) in [4.78, 5) is 13.3. The highest BCUT2D eigenvalue weighted by atomic mass is 16.6. The van der Waals surface area contributed by atoms with Gasteiger partial charge in [-0.25, -0.2) is 4.79 Å². The Morgan fingerprint density at radius 2 is 2.00 bits per heavy atom. The number of nitrogens with zero attached hydrogens (tertiary/aromatic N) is 1. The van der Waals surface area contributed by atoms with Crippen molar-refractivity contribution < 1.29 is 9.53 Å². The summed E-state index contributed by atoms with van der Waals surface area (Å²) in [6.07, 6.45) is 6.17. The fourth-order valence-electron chi connectivity index (χ4n) is 2.38. The molecule has 0 unspecified atom stereocenters. The van der Waals surface area contributed by atoms with Crippen LogP contribution < -0.4 is 5.32 Å². The molecule has 1 heterocycles. The van der Waals surface area contributed by atoms with Crippen LogP contribution in [0.4, 0.5) is 4.79 Å². The summed E-state index contributed by atoms with van der Waals surface area (Å²) in [5, 5.41) is 3.61. The molecule has 0 aromatic carbocycles. The molecule has 0 aromatic heterocycles. The van der Waals surface area contributed by atoms with E-state index in [1.165, 1.54) is 19.3 Å². The normalized spacial score (nSPS) is 21.6. The van der Waals surface area contributed by atoms with Crippen molar-refractivity contribution in [1.82, 2.24) is 10.2 Å². The van der Waals surface area contributed by atoms with Crippen molar-refractivity contribution in [2.24, 2.45) is 5.92 Å². The summed E-state index contributed by atoms with van der Waals surface area (Å²) >= 11 is 0. The summed E-state index contributed by atoms with van der Waals surface area (Å²) in [7, 11) is 0. The zero-order chi connectivity index (χ0) is 12.1. The van der Waals surface area contributed by atoms with Gasteiger partial charge in [-0.05, 0) is 38.6 Å². The topological polar surface area (TPSA) is 41.6 Å². The highest BCUT2D eigenvalue weighted by molar-refractivity contribution is 5.67. The molecule has 2 fully saturated rings. The third-order valence-electron chi connectivity index (χ3n) is 3.70. The standard InChI is InChI=1S/C13H24N2O2/c1-2-17-13(16)15-9-6-12(7-10-15)14-8-5-11-3-4-11/h11-12,14H,2-10H2,1H3. The van der Waals surface area contributed by atoms with Gasteiger partial charge in [0.25, 0.3) is 0 Å². The van der Waals surface area contributed by atoms with Gasteiger partial charge in [-0.3, -0.25) is 0 Å². The van der Waals surface area contributed by atoms with Crippen molar-refractivity contribution in [3.05, 3.63) is 0 Å². The average Bonchev–Trinajstić information content (AvgIpc) is 3.14. The Labute approximate surface area is 104 Å². The summed E-state index contributed by atoms with van der Waals surface area (Å²) in [5.41, 5.74) is 0. The van der Waals surface area contributed by atoms with E-state index in [0.717, 1.165) is 38.4 Å². The Bertz CT molecular complexity index is 246. The fourth-order valence-corrected chi connectivity index (χ4v) is 2.38. The van der Waals surface area contributed by atoms with Crippen molar-refractivity contribution in [3.63, 3.8) is 0 Å². The number of amides is 1. The largest absolute Gasteiger partial charge is 0.450 e. The van der Waals surface area contributed by atoms with Crippen LogP contribution >= 0.6 is 0 Å². The van der Waals surface area contributed by atoms with E-state index in [9.17, 15) is 4.79 Å². The lowest BCUT2D eigenvalue weighted by Gasteiger charge is -2.31. The number of rotatable bonds is 5. The van der Waals surface area contributed by atoms with Gasteiger partial charge in [-0.15, -0.1) is 0 Å². The van der Waals surface area contributed by atoms with Gasteiger partial charge >= 0.3 is 6.09 Å². The van der Waals surface area contributed by atoms with E-state index in [4.69, 9.17) is 4.74 Å². The lowest BCUT2D eigenvalue weighted by atomic mass is 10.1. The van der Waals surface area contributed by atoms with Crippen LogP contribution in [0.2, 0.25) is 0 Å². The molecule has 0 spiro atoms. The van der Waals surface area contributed by atoms with E-state index in [-0.39, 0.29) is 6.09 Å². The highest BCUT2D eigenvalue weighted by Crippen LogP contribution is 2.31.